The van der Waals surface area contributed by atoms with Crippen molar-refractivity contribution < 1.29 is 0 Å². The van der Waals surface area contributed by atoms with Crippen molar-refractivity contribution in [1.82, 2.24) is 0 Å². The van der Waals surface area contributed by atoms with Crippen molar-refractivity contribution in [3.8, 4) is 22.3 Å². The van der Waals surface area contributed by atoms with E-state index >= 15 is 0 Å². The fraction of sp³-hybridized carbons (Fsp3) is 0.143. The lowest BCUT2D eigenvalue weighted by Crippen LogP contribution is -2.53. The first-order valence-electron chi connectivity index (χ1n) is 7.90. The van der Waals surface area contributed by atoms with E-state index in [1.807, 2.05) is 0 Å². The molecule has 1 aliphatic rings. The zero-order valence-corrected chi connectivity index (χ0v) is 14.4. The zero-order valence-electron chi connectivity index (χ0n) is 13.4. The summed E-state index contributed by atoms with van der Waals surface area (Å²) in [6, 6.07) is 24.7. The monoisotopic (exact) mass is 300 g/mol. The largest absolute Gasteiger partial charge is 0.113 e. The number of aryl methyl sites for hydroxylation is 1. The Bertz CT molecular complexity index is 875. The molecule has 3 aromatic carbocycles. The topological polar surface area (TPSA) is 0 Å². The summed E-state index contributed by atoms with van der Waals surface area (Å²) >= 11 is 0. The summed E-state index contributed by atoms with van der Waals surface area (Å²) in [7, 11) is -1.71. The fourth-order valence-corrected chi connectivity index (χ4v) is 7.05. The Labute approximate surface area is 133 Å². The van der Waals surface area contributed by atoms with Crippen LogP contribution >= 0.6 is 0 Å². The molecule has 0 fully saturated rings. The third-order valence-electron chi connectivity index (χ3n) is 5.03. The second kappa shape index (κ2) is 4.69. The third kappa shape index (κ3) is 1.75. The Kier molecular flexibility index (Phi) is 2.88. The predicted molar refractivity (Wildman–Crippen MR) is 98.8 cm³/mol. The van der Waals surface area contributed by atoms with E-state index in [0.717, 1.165) is 0 Å². The molecule has 1 heterocycles. The predicted octanol–water partition coefficient (Wildman–Crippen LogP) is 4.47. The second-order valence-corrected chi connectivity index (χ2v) is 11.0. The number of fused-ring (bicyclic) bond motifs is 5. The molecule has 0 spiro atoms. The molecular weight excluding hydrogens is 280 g/mol. The van der Waals surface area contributed by atoms with Crippen molar-refractivity contribution >= 4 is 18.4 Å². The minimum Gasteiger partial charge on any atom is -0.0623 e. The molecule has 0 unspecified atom stereocenters. The summed E-state index contributed by atoms with van der Waals surface area (Å²) in [5.74, 6) is 0. The van der Waals surface area contributed by atoms with Crippen LogP contribution in [0.2, 0.25) is 13.1 Å². The first kappa shape index (κ1) is 13.5. The molecule has 0 saturated carbocycles. The van der Waals surface area contributed by atoms with Crippen LogP contribution < -0.4 is 10.4 Å². The van der Waals surface area contributed by atoms with Gasteiger partial charge < -0.3 is 0 Å². The highest BCUT2D eigenvalue weighted by molar-refractivity contribution is 7.02. The van der Waals surface area contributed by atoms with Crippen LogP contribution in [-0.2, 0) is 0 Å². The van der Waals surface area contributed by atoms with Gasteiger partial charge in [0.05, 0.1) is 0 Å². The quantitative estimate of drug-likeness (QED) is 0.538. The minimum atomic E-state index is -1.71. The normalized spacial score (nSPS) is 14.5. The first-order chi connectivity index (χ1) is 10.6. The lowest BCUT2D eigenvalue weighted by Gasteiger charge is -2.26. The van der Waals surface area contributed by atoms with Gasteiger partial charge >= 0.3 is 0 Å². The van der Waals surface area contributed by atoms with E-state index in [-0.39, 0.29) is 0 Å². The van der Waals surface area contributed by atoms with Crippen LogP contribution in [0.25, 0.3) is 22.3 Å². The van der Waals surface area contributed by atoms with E-state index in [4.69, 9.17) is 0 Å². The molecule has 0 radical (unpaired) electrons. The van der Waals surface area contributed by atoms with Crippen molar-refractivity contribution in [2.45, 2.75) is 20.0 Å². The van der Waals surface area contributed by atoms with Gasteiger partial charge in [0.1, 0.15) is 8.07 Å². The van der Waals surface area contributed by atoms with Crippen LogP contribution in [0.4, 0.5) is 0 Å². The molecule has 0 N–H and O–H groups in total. The minimum absolute atomic E-state index is 1.38. The van der Waals surface area contributed by atoms with Crippen molar-refractivity contribution in [3.05, 3.63) is 72.3 Å². The van der Waals surface area contributed by atoms with Crippen LogP contribution in [0.1, 0.15) is 5.56 Å². The highest BCUT2D eigenvalue weighted by atomic mass is 28.3. The Morgan fingerprint density at radius 3 is 1.95 bits per heavy atom. The zero-order chi connectivity index (χ0) is 15.3. The fourth-order valence-electron chi connectivity index (χ4n) is 3.89. The van der Waals surface area contributed by atoms with E-state index in [1.54, 1.807) is 10.4 Å². The molecule has 22 heavy (non-hydrogen) atoms. The molecule has 3 aromatic rings. The molecule has 1 aliphatic heterocycles. The van der Waals surface area contributed by atoms with Crippen LogP contribution in [0.15, 0.2) is 66.7 Å². The molecule has 0 nitrogen and oxygen atoms in total. The van der Waals surface area contributed by atoms with Crippen molar-refractivity contribution in [3.63, 3.8) is 0 Å². The highest BCUT2D eigenvalue weighted by Gasteiger charge is 2.34. The van der Waals surface area contributed by atoms with Crippen LogP contribution in [0.5, 0.6) is 0 Å². The van der Waals surface area contributed by atoms with Crippen LogP contribution in [0, 0.1) is 6.92 Å². The van der Waals surface area contributed by atoms with Gasteiger partial charge in [0.15, 0.2) is 0 Å². The van der Waals surface area contributed by atoms with Gasteiger partial charge in [-0.25, -0.2) is 0 Å². The maximum absolute atomic E-state index is 2.48. The molecular formula is C21H20Si. The molecule has 0 saturated heterocycles. The molecule has 108 valence electrons. The number of hydrogen-bond acceptors (Lipinski definition) is 0. The molecule has 0 aliphatic carbocycles. The van der Waals surface area contributed by atoms with Crippen LogP contribution in [-0.4, -0.2) is 8.07 Å². The van der Waals surface area contributed by atoms with Gasteiger partial charge in [0.25, 0.3) is 0 Å². The Morgan fingerprint density at radius 2 is 1.18 bits per heavy atom. The van der Waals surface area contributed by atoms with E-state index in [2.05, 4.69) is 86.7 Å². The Morgan fingerprint density at radius 1 is 0.591 bits per heavy atom. The summed E-state index contributed by atoms with van der Waals surface area (Å²) in [5.41, 5.74) is 7.04. The second-order valence-electron chi connectivity index (χ2n) is 6.71. The maximum atomic E-state index is 2.48. The van der Waals surface area contributed by atoms with Gasteiger partial charge in [-0.15, -0.1) is 0 Å². The van der Waals surface area contributed by atoms with E-state index < -0.39 is 8.07 Å². The summed E-state index contributed by atoms with van der Waals surface area (Å²) < 4.78 is 0. The third-order valence-corrected chi connectivity index (χ3v) is 8.58. The first-order valence-corrected chi connectivity index (χ1v) is 10.9. The standard InChI is InChI=1S/C21H20Si/c1-15-9-8-14-20-21(15)18-12-5-4-10-16(18)17-11-6-7-13-19(17)22(20,2)3/h4-14H,1-3H3. The van der Waals surface area contributed by atoms with Crippen LogP contribution in [0.3, 0.4) is 0 Å². The van der Waals surface area contributed by atoms with Gasteiger partial charge in [0, 0.05) is 0 Å². The van der Waals surface area contributed by atoms with Crippen molar-refractivity contribution in [2.24, 2.45) is 0 Å². The lowest BCUT2D eigenvalue weighted by molar-refractivity contribution is 1.47. The number of hydrogen-bond donors (Lipinski definition) is 0. The van der Waals surface area contributed by atoms with E-state index in [1.165, 1.54) is 27.8 Å². The van der Waals surface area contributed by atoms with Crippen molar-refractivity contribution in [1.29, 1.82) is 0 Å². The maximum Gasteiger partial charge on any atom is 0.113 e. The summed E-state index contributed by atoms with van der Waals surface area (Å²) in [6.45, 7) is 7.21. The highest BCUT2D eigenvalue weighted by Crippen LogP contribution is 2.36. The SMILES string of the molecule is Cc1cccc2c1-c1ccccc1-c1ccccc1[Si]2(C)C. The number of rotatable bonds is 0. The lowest BCUT2D eigenvalue weighted by atomic mass is 9.92. The smallest absolute Gasteiger partial charge is 0.0623 e. The Balaban J connectivity index is 2.24. The molecule has 0 atom stereocenters. The van der Waals surface area contributed by atoms with Gasteiger partial charge in [0.2, 0.25) is 0 Å². The van der Waals surface area contributed by atoms with Gasteiger partial charge in [-0.2, -0.15) is 0 Å². The molecule has 0 bridgehead atoms. The number of benzene rings is 3. The van der Waals surface area contributed by atoms with E-state index in [9.17, 15) is 0 Å². The molecule has 0 amide bonds. The van der Waals surface area contributed by atoms with E-state index in [0.29, 0.717) is 0 Å². The van der Waals surface area contributed by atoms with Gasteiger partial charge in [-0.05, 0) is 45.1 Å². The van der Waals surface area contributed by atoms with Crippen molar-refractivity contribution in [2.75, 3.05) is 0 Å². The average Bonchev–Trinajstić information content (AvgIpc) is 2.62. The average molecular weight is 300 g/mol. The Hall–Kier alpha value is -2.12. The molecule has 0 aromatic heterocycles. The van der Waals surface area contributed by atoms with Gasteiger partial charge in [-0.1, -0.05) is 79.8 Å². The summed E-state index contributed by atoms with van der Waals surface area (Å²) in [5, 5.41) is 3.11. The summed E-state index contributed by atoms with van der Waals surface area (Å²) in [4.78, 5) is 0. The molecule has 4 rings (SSSR count). The molecule has 1 heteroatoms. The van der Waals surface area contributed by atoms with Gasteiger partial charge in [-0.3, -0.25) is 0 Å². The summed E-state index contributed by atoms with van der Waals surface area (Å²) in [6.07, 6.45) is 0.